The molecule has 0 aliphatic carbocycles. The van der Waals surface area contributed by atoms with E-state index < -0.39 is 6.04 Å². The summed E-state index contributed by atoms with van der Waals surface area (Å²) in [6.45, 7) is 2.91. The lowest BCUT2D eigenvalue weighted by atomic mass is 10.1. The van der Waals surface area contributed by atoms with Gasteiger partial charge in [0, 0.05) is 23.6 Å². The number of benzene rings is 1. The molecule has 1 atom stereocenters. The van der Waals surface area contributed by atoms with Crippen molar-refractivity contribution >= 4 is 16.8 Å². The Morgan fingerprint density at radius 3 is 2.58 bits per heavy atom. The summed E-state index contributed by atoms with van der Waals surface area (Å²) in [6, 6.07) is 7.70. The van der Waals surface area contributed by atoms with Crippen LogP contribution >= 0.6 is 0 Å². The number of carbonyl (C=O) groups is 1. The van der Waals surface area contributed by atoms with Gasteiger partial charge in [-0.2, -0.15) is 0 Å². The first-order chi connectivity index (χ1) is 15.2. The van der Waals surface area contributed by atoms with E-state index in [0.29, 0.717) is 24.6 Å². The molecule has 0 radical (unpaired) electrons. The molecule has 2 heterocycles. The molecule has 168 valence electrons. The molecule has 6 heteroatoms. The van der Waals surface area contributed by atoms with E-state index in [4.69, 9.17) is 10.2 Å². The molecule has 3 aromatic rings. The molecule has 1 unspecified atom stereocenters. The van der Waals surface area contributed by atoms with Gasteiger partial charge in [-0.15, -0.1) is 0 Å². The number of nitrogens with zero attached hydrogens (tertiary/aromatic N) is 1. The second kappa shape index (κ2) is 12.3. The minimum absolute atomic E-state index is 0.200. The first-order valence-corrected chi connectivity index (χ1v) is 11.7. The third-order valence-electron chi connectivity index (χ3n) is 5.75. The largest absolute Gasteiger partial charge is 0.446 e. The van der Waals surface area contributed by atoms with Gasteiger partial charge in [-0.25, -0.2) is 4.98 Å². The van der Waals surface area contributed by atoms with E-state index in [9.17, 15) is 4.79 Å². The second-order valence-electron chi connectivity index (χ2n) is 8.33. The summed E-state index contributed by atoms with van der Waals surface area (Å²) >= 11 is 0. The van der Waals surface area contributed by atoms with Crippen LogP contribution in [0.2, 0.25) is 0 Å². The molecule has 0 fully saturated rings. The molecule has 0 aliphatic rings. The monoisotopic (exact) mass is 424 g/mol. The van der Waals surface area contributed by atoms with Crippen LogP contribution in [0.5, 0.6) is 0 Å². The normalized spacial score (nSPS) is 12.3. The Balaban J connectivity index is 1.36. The highest BCUT2D eigenvalue weighted by atomic mass is 16.3. The lowest BCUT2D eigenvalue weighted by Gasteiger charge is -2.06. The maximum atomic E-state index is 12.3. The maximum absolute atomic E-state index is 12.3. The maximum Gasteiger partial charge on any atom is 0.273 e. The van der Waals surface area contributed by atoms with Gasteiger partial charge in [0.05, 0.1) is 6.04 Å². The minimum Gasteiger partial charge on any atom is -0.446 e. The number of hydrogen-bond acceptors (Lipinski definition) is 4. The topological polar surface area (TPSA) is 96.9 Å². The van der Waals surface area contributed by atoms with Crippen LogP contribution in [0.3, 0.4) is 0 Å². The van der Waals surface area contributed by atoms with Crippen molar-refractivity contribution in [1.82, 2.24) is 15.3 Å². The van der Waals surface area contributed by atoms with E-state index >= 15 is 0 Å². The number of para-hydroxylation sites is 1. The van der Waals surface area contributed by atoms with Crippen LogP contribution in [0, 0.1) is 0 Å². The number of oxazole rings is 1. The van der Waals surface area contributed by atoms with Gasteiger partial charge in [0.1, 0.15) is 6.26 Å². The number of hydrogen-bond donors (Lipinski definition) is 3. The standard InChI is InChI=1S/C25H36N4O2/c1-2-3-4-5-6-7-8-9-12-15-27-24(30)23-18-31-25(29-23)21(26)16-19-17-28-22-14-11-10-13-20(19)22/h10-11,13-14,17-18,21,28H,2-9,12,15-16,26H2,1H3,(H,27,30). The van der Waals surface area contributed by atoms with Crippen LogP contribution in [-0.4, -0.2) is 22.4 Å². The van der Waals surface area contributed by atoms with Crippen molar-refractivity contribution in [3.8, 4) is 0 Å². The molecule has 6 nitrogen and oxygen atoms in total. The third kappa shape index (κ3) is 6.96. The molecule has 2 aromatic heterocycles. The fourth-order valence-electron chi connectivity index (χ4n) is 3.92. The number of rotatable bonds is 14. The average molecular weight is 425 g/mol. The molecule has 0 bridgehead atoms. The summed E-state index contributed by atoms with van der Waals surface area (Å²) in [5, 5.41) is 4.07. The van der Waals surface area contributed by atoms with Crippen LogP contribution in [0.1, 0.15) is 92.7 Å². The first-order valence-electron chi connectivity index (χ1n) is 11.7. The smallest absolute Gasteiger partial charge is 0.273 e. The molecule has 0 aliphatic heterocycles. The number of aromatic nitrogens is 2. The van der Waals surface area contributed by atoms with Gasteiger partial charge in [-0.3, -0.25) is 4.79 Å². The van der Waals surface area contributed by atoms with Crippen molar-refractivity contribution in [2.45, 2.75) is 77.2 Å². The van der Waals surface area contributed by atoms with Gasteiger partial charge in [0.15, 0.2) is 5.69 Å². The Morgan fingerprint density at radius 2 is 1.81 bits per heavy atom. The molecule has 0 saturated heterocycles. The summed E-state index contributed by atoms with van der Waals surface area (Å²) in [5.74, 6) is 0.187. The number of H-pyrrole nitrogens is 1. The van der Waals surface area contributed by atoms with Crippen molar-refractivity contribution in [1.29, 1.82) is 0 Å². The van der Waals surface area contributed by atoms with Crippen molar-refractivity contribution < 1.29 is 9.21 Å². The number of aromatic amines is 1. The summed E-state index contributed by atoms with van der Waals surface area (Å²) in [4.78, 5) is 19.9. The van der Waals surface area contributed by atoms with Gasteiger partial charge in [0.25, 0.3) is 5.91 Å². The molecular weight excluding hydrogens is 388 g/mol. The Kier molecular flexibility index (Phi) is 9.16. The van der Waals surface area contributed by atoms with Crippen LogP contribution in [-0.2, 0) is 6.42 Å². The Labute approximate surface area is 185 Å². The zero-order valence-corrected chi connectivity index (χ0v) is 18.7. The fraction of sp³-hybridized carbons (Fsp3) is 0.520. The number of nitrogens with two attached hydrogens (primary N) is 1. The highest BCUT2D eigenvalue weighted by molar-refractivity contribution is 5.91. The number of unbranched alkanes of at least 4 members (excludes halogenated alkanes) is 8. The van der Waals surface area contributed by atoms with Gasteiger partial charge < -0.3 is 20.5 Å². The van der Waals surface area contributed by atoms with E-state index in [1.165, 1.54) is 51.2 Å². The van der Waals surface area contributed by atoms with Crippen LogP contribution < -0.4 is 11.1 Å². The highest BCUT2D eigenvalue weighted by Crippen LogP contribution is 2.23. The quantitative estimate of drug-likeness (QED) is 0.291. The van der Waals surface area contributed by atoms with E-state index in [1.807, 2.05) is 24.4 Å². The number of fused-ring (bicyclic) bond motifs is 1. The average Bonchev–Trinajstić information content (AvgIpc) is 3.43. The Bertz CT molecular complexity index is 930. The second-order valence-corrected chi connectivity index (χ2v) is 8.33. The highest BCUT2D eigenvalue weighted by Gasteiger charge is 2.18. The van der Waals surface area contributed by atoms with Gasteiger partial charge >= 0.3 is 0 Å². The molecule has 1 aromatic carbocycles. The van der Waals surface area contributed by atoms with Crippen LogP contribution in [0.15, 0.2) is 41.1 Å². The van der Waals surface area contributed by atoms with Crippen LogP contribution in [0.4, 0.5) is 0 Å². The zero-order chi connectivity index (χ0) is 21.9. The van der Waals surface area contributed by atoms with Gasteiger partial charge in [-0.1, -0.05) is 76.5 Å². The molecule has 0 saturated carbocycles. The van der Waals surface area contributed by atoms with Crippen molar-refractivity contribution in [2.75, 3.05) is 6.54 Å². The van der Waals surface area contributed by atoms with E-state index in [0.717, 1.165) is 29.3 Å². The lowest BCUT2D eigenvalue weighted by Crippen LogP contribution is -2.25. The molecule has 1 amide bonds. The minimum atomic E-state index is -0.405. The fourth-order valence-corrected chi connectivity index (χ4v) is 3.92. The number of amides is 1. The number of carbonyl (C=O) groups excluding carboxylic acids is 1. The summed E-state index contributed by atoms with van der Waals surface area (Å²) in [6.07, 6.45) is 15.3. The molecule has 0 spiro atoms. The predicted octanol–water partition coefficient (Wildman–Crippen LogP) is 5.66. The summed E-state index contributed by atoms with van der Waals surface area (Å²) in [5.41, 5.74) is 8.77. The Morgan fingerprint density at radius 1 is 1.10 bits per heavy atom. The van der Waals surface area contributed by atoms with Gasteiger partial charge in [-0.05, 0) is 24.5 Å². The molecular formula is C25H36N4O2. The third-order valence-corrected chi connectivity index (χ3v) is 5.75. The van der Waals surface area contributed by atoms with Gasteiger partial charge in [0.2, 0.25) is 5.89 Å². The van der Waals surface area contributed by atoms with E-state index in [-0.39, 0.29) is 5.91 Å². The molecule has 4 N–H and O–H groups in total. The zero-order valence-electron chi connectivity index (χ0n) is 18.7. The van der Waals surface area contributed by atoms with Crippen molar-refractivity contribution in [3.05, 3.63) is 53.9 Å². The lowest BCUT2D eigenvalue weighted by molar-refractivity contribution is 0.0948. The molecule has 31 heavy (non-hydrogen) atoms. The SMILES string of the molecule is CCCCCCCCCCCNC(=O)c1coc(C(N)Cc2c[nH]c3ccccc23)n1. The predicted molar refractivity (Wildman–Crippen MR) is 125 cm³/mol. The van der Waals surface area contributed by atoms with E-state index in [2.05, 4.69) is 28.3 Å². The van der Waals surface area contributed by atoms with E-state index in [1.54, 1.807) is 0 Å². The number of nitrogens with one attached hydrogen (secondary N) is 2. The molecule has 3 rings (SSSR count). The summed E-state index contributed by atoms with van der Waals surface area (Å²) in [7, 11) is 0. The Hall–Kier alpha value is -2.60. The first kappa shape index (κ1) is 23.1. The van der Waals surface area contributed by atoms with Crippen molar-refractivity contribution in [3.63, 3.8) is 0 Å². The van der Waals surface area contributed by atoms with Crippen LogP contribution in [0.25, 0.3) is 10.9 Å². The summed E-state index contributed by atoms with van der Waals surface area (Å²) < 4.78 is 5.50. The van der Waals surface area contributed by atoms with Crippen molar-refractivity contribution in [2.24, 2.45) is 5.73 Å².